The monoisotopic (exact) mass is 352 g/mol. The molecule has 0 saturated heterocycles. The van der Waals surface area contributed by atoms with Crippen molar-refractivity contribution in [3.8, 4) is 0 Å². The van der Waals surface area contributed by atoms with E-state index in [4.69, 9.17) is 16.3 Å². The number of benzene rings is 1. The Morgan fingerprint density at radius 1 is 1.52 bits per heavy atom. The Morgan fingerprint density at radius 3 is 3.04 bits per heavy atom. The normalized spacial score (nSPS) is 13.6. The lowest BCUT2D eigenvalue weighted by atomic mass is 10.2. The number of aryl methyl sites for hydroxylation is 1. The van der Waals surface area contributed by atoms with Gasteiger partial charge in [0.05, 0.1) is 35.4 Å². The van der Waals surface area contributed by atoms with Crippen LogP contribution >= 0.6 is 23.4 Å². The number of aromatic nitrogens is 2. The van der Waals surface area contributed by atoms with Gasteiger partial charge >= 0.3 is 5.97 Å². The molecule has 6 nitrogen and oxygen atoms in total. The van der Waals surface area contributed by atoms with Crippen LogP contribution in [0.4, 0.5) is 0 Å². The summed E-state index contributed by atoms with van der Waals surface area (Å²) in [5.74, 6) is 0.474. The van der Waals surface area contributed by atoms with Crippen LogP contribution in [-0.4, -0.2) is 46.5 Å². The molecule has 0 radical (unpaired) electrons. The maximum atomic E-state index is 11.8. The number of hydrogen-bond acceptors (Lipinski definition) is 6. The van der Waals surface area contributed by atoms with Gasteiger partial charge in [0.2, 0.25) is 0 Å². The Labute approximate surface area is 143 Å². The zero-order valence-electron chi connectivity index (χ0n) is 12.9. The summed E-state index contributed by atoms with van der Waals surface area (Å²) in [5.41, 5.74) is 1.99. The average Bonchev–Trinajstić information content (AvgIpc) is 3.15. The molecule has 1 aromatic heterocycles. The highest BCUT2D eigenvalue weighted by molar-refractivity contribution is 7.99. The van der Waals surface area contributed by atoms with Gasteiger partial charge in [-0.15, -0.1) is 0 Å². The number of fused-ring (bicyclic) bond motifs is 1. The molecule has 0 atom stereocenters. The van der Waals surface area contributed by atoms with E-state index in [1.165, 1.54) is 7.11 Å². The summed E-state index contributed by atoms with van der Waals surface area (Å²) >= 11 is 7.83. The van der Waals surface area contributed by atoms with Gasteiger partial charge < -0.3 is 19.5 Å². The van der Waals surface area contributed by atoms with Crippen LogP contribution in [0.25, 0.3) is 11.0 Å². The van der Waals surface area contributed by atoms with Crippen molar-refractivity contribution >= 4 is 40.4 Å². The number of nitrogens with one attached hydrogen (secondary N) is 1. The first kappa shape index (κ1) is 16.0. The van der Waals surface area contributed by atoms with Crippen molar-refractivity contribution in [1.29, 1.82) is 0 Å². The largest absolute Gasteiger partial charge is 0.465 e. The Hall–Kier alpha value is -1.86. The molecule has 1 aliphatic rings. The summed E-state index contributed by atoms with van der Waals surface area (Å²) in [6.45, 7) is 1.78. The minimum atomic E-state index is -0.444. The van der Waals surface area contributed by atoms with Crippen molar-refractivity contribution in [1.82, 2.24) is 19.8 Å². The molecule has 8 heteroatoms. The lowest BCUT2D eigenvalue weighted by Gasteiger charge is -2.13. The molecule has 23 heavy (non-hydrogen) atoms. The third-order valence-corrected chi connectivity index (χ3v) is 4.96. The summed E-state index contributed by atoms with van der Waals surface area (Å²) in [7, 11) is 3.28. The van der Waals surface area contributed by atoms with E-state index in [-0.39, 0.29) is 0 Å². The Morgan fingerprint density at radius 2 is 2.35 bits per heavy atom. The van der Waals surface area contributed by atoms with Gasteiger partial charge in [-0.25, -0.2) is 9.78 Å². The summed E-state index contributed by atoms with van der Waals surface area (Å²) in [6.07, 6.45) is 3.98. The number of nitrogens with zero attached hydrogens (tertiary/aromatic N) is 3. The highest BCUT2D eigenvalue weighted by Gasteiger charge is 2.16. The van der Waals surface area contributed by atoms with E-state index in [2.05, 4.69) is 15.2 Å². The van der Waals surface area contributed by atoms with Crippen molar-refractivity contribution in [3.63, 3.8) is 0 Å². The van der Waals surface area contributed by atoms with Crippen LogP contribution in [0.3, 0.4) is 0 Å². The predicted molar refractivity (Wildman–Crippen MR) is 91.6 cm³/mol. The highest BCUT2D eigenvalue weighted by atomic mass is 35.5. The van der Waals surface area contributed by atoms with E-state index in [1.54, 1.807) is 23.9 Å². The second-order valence-corrected chi connectivity index (χ2v) is 6.57. The van der Waals surface area contributed by atoms with E-state index in [9.17, 15) is 4.79 Å². The second-order valence-electron chi connectivity index (χ2n) is 5.10. The van der Waals surface area contributed by atoms with E-state index < -0.39 is 5.97 Å². The minimum Gasteiger partial charge on any atom is -0.465 e. The molecule has 0 unspecified atom stereocenters. The van der Waals surface area contributed by atoms with Gasteiger partial charge in [0, 0.05) is 31.7 Å². The summed E-state index contributed by atoms with van der Waals surface area (Å²) in [6, 6.07) is 3.44. The number of carbonyl (C=O) groups is 1. The minimum absolute atomic E-state index is 0.354. The molecule has 2 heterocycles. The van der Waals surface area contributed by atoms with Gasteiger partial charge in [-0.3, -0.25) is 0 Å². The van der Waals surface area contributed by atoms with Gasteiger partial charge in [0.1, 0.15) is 0 Å². The Kier molecular flexibility index (Phi) is 4.68. The van der Waals surface area contributed by atoms with Crippen LogP contribution < -0.4 is 5.32 Å². The third-order valence-electron chi connectivity index (χ3n) is 3.64. The summed E-state index contributed by atoms with van der Waals surface area (Å²) in [5, 5.41) is 4.39. The number of thioether (sulfide) groups is 1. The molecule has 0 saturated carbocycles. The second kappa shape index (κ2) is 6.72. The number of rotatable bonds is 5. The third kappa shape index (κ3) is 3.25. The molecule has 0 aliphatic carbocycles. The van der Waals surface area contributed by atoms with Crippen LogP contribution in [0.2, 0.25) is 5.02 Å². The number of halogens is 1. The van der Waals surface area contributed by atoms with Crippen molar-refractivity contribution < 1.29 is 9.53 Å². The van der Waals surface area contributed by atoms with Gasteiger partial charge in [-0.05, 0) is 12.1 Å². The van der Waals surface area contributed by atoms with Gasteiger partial charge in [-0.2, -0.15) is 0 Å². The first-order chi connectivity index (χ1) is 11.1. The zero-order chi connectivity index (χ0) is 16.4. The zero-order valence-corrected chi connectivity index (χ0v) is 14.4. The van der Waals surface area contributed by atoms with E-state index in [0.717, 1.165) is 35.2 Å². The fraction of sp³-hybridized carbons (Fsp3) is 0.333. The van der Waals surface area contributed by atoms with Crippen molar-refractivity contribution in [2.24, 2.45) is 7.05 Å². The molecule has 122 valence electrons. The van der Waals surface area contributed by atoms with Crippen molar-refractivity contribution in [2.75, 3.05) is 26.1 Å². The lowest BCUT2D eigenvalue weighted by Crippen LogP contribution is -2.22. The van der Waals surface area contributed by atoms with E-state index >= 15 is 0 Å². The molecule has 0 fully saturated rings. The smallest absolute Gasteiger partial charge is 0.339 e. The van der Waals surface area contributed by atoms with E-state index in [1.807, 2.05) is 24.0 Å². The van der Waals surface area contributed by atoms with Gasteiger partial charge in [0.15, 0.2) is 5.16 Å². The molecule has 2 aromatic rings. The fourth-order valence-corrected chi connectivity index (χ4v) is 3.57. The molecule has 0 bridgehead atoms. The molecule has 0 spiro atoms. The first-order valence-electron chi connectivity index (χ1n) is 7.11. The van der Waals surface area contributed by atoms with Crippen LogP contribution in [0.15, 0.2) is 29.7 Å². The average molecular weight is 353 g/mol. The molecule has 1 aliphatic heterocycles. The Balaban J connectivity index is 1.80. The van der Waals surface area contributed by atoms with Crippen molar-refractivity contribution in [3.05, 3.63) is 35.1 Å². The quantitative estimate of drug-likeness (QED) is 0.659. The topological polar surface area (TPSA) is 59.4 Å². The summed E-state index contributed by atoms with van der Waals surface area (Å²) < 4.78 is 6.73. The van der Waals surface area contributed by atoms with E-state index in [0.29, 0.717) is 10.6 Å². The molecular formula is C15H17ClN4O2S. The van der Waals surface area contributed by atoms with Crippen molar-refractivity contribution in [2.45, 2.75) is 5.16 Å². The van der Waals surface area contributed by atoms with Crippen LogP contribution in [-0.2, 0) is 11.8 Å². The highest BCUT2D eigenvalue weighted by Crippen LogP contribution is 2.28. The predicted octanol–water partition coefficient (Wildman–Crippen LogP) is 2.44. The fourth-order valence-electron chi connectivity index (χ4n) is 2.37. The molecular weight excluding hydrogens is 336 g/mol. The van der Waals surface area contributed by atoms with Crippen LogP contribution in [0.1, 0.15) is 10.4 Å². The summed E-state index contributed by atoms with van der Waals surface area (Å²) in [4.78, 5) is 18.6. The van der Waals surface area contributed by atoms with Crippen LogP contribution in [0.5, 0.6) is 0 Å². The SMILES string of the molecule is COC(=O)c1cc2c(cc1Cl)nc(SCCN1C=CNC1)n2C. The number of esters is 1. The maximum absolute atomic E-state index is 11.8. The number of carbonyl (C=O) groups excluding carboxylic acids is 1. The van der Waals surface area contributed by atoms with Gasteiger partial charge in [0.25, 0.3) is 0 Å². The van der Waals surface area contributed by atoms with Crippen LogP contribution in [0, 0.1) is 0 Å². The first-order valence-corrected chi connectivity index (χ1v) is 8.47. The number of hydrogen-bond donors (Lipinski definition) is 1. The number of ether oxygens (including phenoxy) is 1. The molecule has 1 aromatic carbocycles. The molecule has 0 amide bonds. The maximum Gasteiger partial charge on any atom is 0.339 e. The van der Waals surface area contributed by atoms with Gasteiger partial charge in [-0.1, -0.05) is 23.4 Å². The Bertz CT molecular complexity index is 774. The number of methoxy groups -OCH3 is 1. The standard InChI is InChI=1S/C15H17ClN4O2S/c1-19-13-7-10(14(21)22-2)11(16)8-12(13)18-15(19)23-6-5-20-4-3-17-9-20/h3-4,7-8,17H,5-6,9H2,1-2H3. The molecule has 1 N–H and O–H groups in total. The lowest BCUT2D eigenvalue weighted by molar-refractivity contribution is 0.0601. The number of imidazole rings is 1. The molecule has 3 rings (SSSR count).